The van der Waals surface area contributed by atoms with Crippen molar-refractivity contribution in [2.75, 3.05) is 39.3 Å². The van der Waals surface area contributed by atoms with Gasteiger partial charge in [0, 0.05) is 52.0 Å². The molecule has 0 amide bonds. The molecule has 0 bridgehead atoms. The van der Waals surface area contributed by atoms with Gasteiger partial charge in [-0.05, 0) is 12.1 Å². The molecule has 2 heterocycles. The van der Waals surface area contributed by atoms with Crippen LogP contribution in [0.3, 0.4) is 0 Å². The van der Waals surface area contributed by atoms with Crippen molar-refractivity contribution in [3.8, 4) is 0 Å². The number of aromatic nitrogens is 1. The lowest BCUT2D eigenvalue weighted by atomic mass is 10.2. The molecule has 0 spiro atoms. The van der Waals surface area contributed by atoms with E-state index in [4.69, 9.17) is 5.73 Å². The predicted molar refractivity (Wildman–Crippen MR) is 65.0 cm³/mol. The highest BCUT2D eigenvalue weighted by atomic mass is 15.3. The second-order valence-electron chi connectivity index (χ2n) is 4.23. The van der Waals surface area contributed by atoms with Gasteiger partial charge in [-0.1, -0.05) is 6.07 Å². The number of nitrogens with two attached hydrogens (primary N) is 1. The van der Waals surface area contributed by atoms with E-state index in [1.807, 2.05) is 18.3 Å². The maximum atomic E-state index is 5.55. The van der Waals surface area contributed by atoms with Gasteiger partial charge in [0.25, 0.3) is 0 Å². The molecule has 2 rings (SSSR count). The van der Waals surface area contributed by atoms with Crippen LogP contribution in [-0.4, -0.2) is 54.1 Å². The van der Waals surface area contributed by atoms with Crippen LogP contribution in [0.25, 0.3) is 0 Å². The van der Waals surface area contributed by atoms with Gasteiger partial charge in [0.15, 0.2) is 0 Å². The minimum atomic E-state index is 0.764. The van der Waals surface area contributed by atoms with Gasteiger partial charge >= 0.3 is 0 Å². The van der Waals surface area contributed by atoms with E-state index in [0.717, 1.165) is 51.5 Å². The van der Waals surface area contributed by atoms with Crippen LogP contribution in [0.2, 0.25) is 0 Å². The molecule has 1 aliphatic heterocycles. The van der Waals surface area contributed by atoms with Gasteiger partial charge in [-0.25, -0.2) is 0 Å². The third-order valence-corrected chi connectivity index (χ3v) is 3.02. The number of hydrogen-bond donors (Lipinski definition) is 1. The lowest BCUT2D eigenvalue weighted by molar-refractivity contribution is 0.129. The Morgan fingerprint density at radius 3 is 2.50 bits per heavy atom. The summed E-state index contributed by atoms with van der Waals surface area (Å²) in [7, 11) is 0. The van der Waals surface area contributed by atoms with E-state index in [1.54, 1.807) is 0 Å². The number of nitrogens with zero attached hydrogens (tertiary/aromatic N) is 3. The van der Waals surface area contributed by atoms with Crippen LogP contribution < -0.4 is 5.73 Å². The monoisotopic (exact) mass is 220 g/mol. The average molecular weight is 220 g/mol. The van der Waals surface area contributed by atoms with Gasteiger partial charge in [-0.3, -0.25) is 14.8 Å². The summed E-state index contributed by atoms with van der Waals surface area (Å²) in [6, 6.07) is 6.10. The molecular weight excluding hydrogens is 200 g/mol. The van der Waals surface area contributed by atoms with Crippen molar-refractivity contribution in [3.05, 3.63) is 30.1 Å². The first-order valence-electron chi connectivity index (χ1n) is 5.93. The lowest BCUT2D eigenvalue weighted by Crippen LogP contribution is -2.47. The van der Waals surface area contributed by atoms with Crippen molar-refractivity contribution >= 4 is 0 Å². The lowest BCUT2D eigenvalue weighted by Gasteiger charge is -2.34. The maximum Gasteiger partial charge on any atom is 0.0543 e. The molecule has 0 aromatic carbocycles. The fraction of sp³-hybridized carbons (Fsp3) is 0.583. The molecule has 4 heteroatoms. The van der Waals surface area contributed by atoms with Crippen molar-refractivity contribution in [1.82, 2.24) is 14.8 Å². The molecule has 16 heavy (non-hydrogen) atoms. The van der Waals surface area contributed by atoms with Gasteiger partial charge in [0.2, 0.25) is 0 Å². The van der Waals surface area contributed by atoms with E-state index in [1.165, 1.54) is 0 Å². The molecule has 88 valence electrons. The van der Waals surface area contributed by atoms with E-state index in [2.05, 4.69) is 20.9 Å². The molecule has 0 atom stereocenters. The van der Waals surface area contributed by atoms with Gasteiger partial charge in [0.05, 0.1) is 5.69 Å². The molecule has 4 nitrogen and oxygen atoms in total. The Morgan fingerprint density at radius 1 is 1.12 bits per heavy atom. The van der Waals surface area contributed by atoms with Crippen LogP contribution in [0.1, 0.15) is 5.69 Å². The molecule has 0 unspecified atom stereocenters. The zero-order chi connectivity index (χ0) is 11.2. The van der Waals surface area contributed by atoms with Gasteiger partial charge in [-0.15, -0.1) is 0 Å². The van der Waals surface area contributed by atoms with Gasteiger partial charge in [0.1, 0.15) is 0 Å². The quantitative estimate of drug-likeness (QED) is 0.785. The summed E-state index contributed by atoms with van der Waals surface area (Å²) in [5.41, 5.74) is 6.71. The van der Waals surface area contributed by atoms with Crippen LogP contribution in [-0.2, 0) is 6.54 Å². The van der Waals surface area contributed by atoms with E-state index in [-0.39, 0.29) is 0 Å². The Kier molecular flexibility index (Phi) is 4.27. The molecule has 2 N–H and O–H groups in total. The van der Waals surface area contributed by atoms with Crippen LogP contribution in [0.15, 0.2) is 24.4 Å². The predicted octanol–water partition coefficient (Wildman–Crippen LogP) is 0.158. The largest absolute Gasteiger partial charge is 0.329 e. The molecule has 0 aliphatic carbocycles. The summed E-state index contributed by atoms with van der Waals surface area (Å²) in [4.78, 5) is 9.23. The SMILES string of the molecule is NCCN1CCN(Cc2ccccn2)CC1. The zero-order valence-corrected chi connectivity index (χ0v) is 9.68. The van der Waals surface area contributed by atoms with Crippen molar-refractivity contribution in [1.29, 1.82) is 0 Å². The zero-order valence-electron chi connectivity index (χ0n) is 9.68. The van der Waals surface area contributed by atoms with E-state index < -0.39 is 0 Å². The highest BCUT2D eigenvalue weighted by Crippen LogP contribution is 2.05. The summed E-state index contributed by atoms with van der Waals surface area (Å²) >= 11 is 0. The van der Waals surface area contributed by atoms with E-state index >= 15 is 0 Å². The summed E-state index contributed by atoms with van der Waals surface area (Å²) in [5.74, 6) is 0. The Labute approximate surface area is 97.1 Å². The van der Waals surface area contributed by atoms with Gasteiger partial charge < -0.3 is 5.73 Å². The summed E-state index contributed by atoms with van der Waals surface area (Å²) in [6.45, 7) is 7.26. The summed E-state index contributed by atoms with van der Waals surface area (Å²) < 4.78 is 0. The van der Waals surface area contributed by atoms with Crippen molar-refractivity contribution in [2.45, 2.75) is 6.54 Å². The third kappa shape index (κ3) is 3.27. The highest BCUT2D eigenvalue weighted by Gasteiger charge is 2.16. The number of piperazine rings is 1. The van der Waals surface area contributed by atoms with Crippen LogP contribution in [0, 0.1) is 0 Å². The molecule has 1 saturated heterocycles. The van der Waals surface area contributed by atoms with Crippen molar-refractivity contribution in [2.24, 2.45) is 5.73 Å². The number of rotatable bonds is 4. The minimum absolute atomic E-state index is 0.764. The highest BCUT2D eigenvalue weighted by molar-refractivity contribution is 5.03. The fourth-order valence-corrected chi connectivity index (χ4v) is 2.07. The first-order valence-corrected chi connectivity index (χ1v) is 5.93. The second-order valence-corrected chi connectivity index (χ2v) is 4.23. The first kappa shape index (κ1) is 11.5. The molecule has 1 aromatic heterocycles. The molecule has 0 saturated carbocycles. The van der Waals surface area contributed by atoms with E-state index in [0.29, 0.717) is 0 Å². The normalized spacial score (nSPS) is 18.8. The molecule has 0 radical (unpaired) electrons. The third-order valence-electron chi connectivity index (χ3n) is 3.02. The van der Waals surface area contributed by atoms with Crippen molar-refractivity contribution < 1.29 is 0 Å². The smallest absolute Gasteiger partial charge is 0.0543 e. The second kappa shape index (κ2) is 5.94. The van der Waals surface area contributed by atoms with Crippen molar-refractivity contribution in [3.63, 3.8) is 0 Å². The Hall–Kier alpha value is -0.970. The van der Waals surface area contributed by atoms with Crippen LogP contribution >= 0.6 is 0 Å². The maximum absolute atomic E-state index is 5.55. The Morgan fingerprint density at radius 2 is 1.88 bits per heavy atom. The molecule has 1 aliphatic rings. The Balaban J connectivity index is 1.77. The molecular formula is C12H20N4. The summed E-state index contributed by atoms with van der Waals surface area (Å²) in [6.07, 6.45) is 1.86. The topological polar surface area (TPSA) is 45.4 Å². The minimum Gasteiger partial charge on any atom is -0.329 e. The number of pyridine rings is 1. The molecule has 1 fully saturated rings. The summed E-state index contributed by atoms with van der Waals surface area (Å²) in [5, 5.41) is 0. The van der Waals surface area contributed by atoms with Gasteiger partial charge in [-0.2, -0.15) is 0 Å². The number of hydrogen-bond acceptors (Lipinski definition) is 4. The fourth-order valence-electron chi connectivity index (χ4n) is 2.07. The Bertz CT molecular complexity index is 293. The van der Waals surface area contributed by atoms with Crippen LogP contribution in [0.4, 0.5) is 0 Å². The van der Waals surface area contributed by atoms with Crippen LogP contribution in [0.5, 0.6) is 0 Å². The average Bonchev–Trinajstić information content (AvgIpc) is 2.33. The standard InChI is InChI=1S/C12H20N4/c13-4-6-15-7-9-16(10-8-15)11-12-3-1-2-5-14-12/h1-3,5H,4,6-11,13H2. The first-order chi connectivity index (χ1) is 7.88. The molecule has 1 aromatic rings. The van der Waals surface area contributed by atoms with E-state index in [9.17, 15) is 0 Å².